The number of pyridine rings is 1. The molecule has 0 unspecified atom stereocenters. The van der Waals surface area contributed by atoms with Crippen LogP contribution in [0.2, 0.25) is 10.0 Å². The van der Waals surface area contributed by atoms with E-state index < -0.39 is 0 Å². The van der Waals surface area contributed by atoms with Crippen molar-refractivity contribution in [1.29, 1.82) is 0 Å². The van der Waals surface area contributed by atoms with Crippen LogP contribution in [0.5, 0.6) is 0 Å². The van der Waals surface area contributed by atoms with Crippen LogP contribution in [0, 0.1) is 0 Å². The Kier molecular flexibility index (Phi) is 5.67. The molecule has 1 aliphatic rings. The Morgan fingerprint density at radius 2 is 1.81 bits per heavy atom. The van der Waals surface area contributed by atoms with Gasteiger partial charge in [0, 0.05) is 49.2 Å². The first-order valence-corrected chi connectivity index (χ1v) is 12.0. The molecule has 0 spiro atoms. The molecule has 31 heavy (non-hydrogen) atoms. The fourth-order valence-electron chi connectivity index (χ4n) is 3.44. The van der Waals surface area contributed by atoms with Crippen LogP contribution in [-0.2, 0) is 6.54 Å². The van der Waals surface area contributed by atoms with Crippen molar-refractivity contribution < 1.29 is 0 Å². The first-order valence-electron chi connectivity index (χ1n) is 9.56. The monoisotopic (exact) mass is 481 g/mol. The molecule has 2 aromatic heterocycles. The number of fused-ring (bicyclic) bond motifs is 1. The van der Waals surface area contributed by atoms with Crippen LogP contribution >= 0.6 is 46.5 Å². The lowest BCUT2D eigenvalue weighted by Crippen LogP contribution is -1.98. The zero-order chi connectivity index (χ0) is 21.4. The largest absolute Gasteiger partial charge is 0.381 e. The summed E-state index contributed by atoms with van der Waals surface area (Å²) in [6.45, 7) is 4.90. The third-order valence-corrected chi connectivity index (χ3v) is 7.77. The van der Waals surface area contributed by atoms with Crippen molar-refractivity contribution in [2.75, 3.05) is 4.72 Å². The molecule has 0 radical (unpaired) electrons. The van der Waals surface area contributed by atoms with Gasteiger partial charge in [-0.3, -0.25) is 4.98 Å². The minimum absolute atomic E-state index is 0.616. The van der Waals surface area contributed by atoms with Crippen LogP contribution in [0.1, 0.15) is 11.1 Å². The minimum Gasteiger partial charge on any atom is -0.381 e. The van der Waals surface area contributed by atoms with Gasteiger partial charge in [-0.2, -0.15) is 0 Å². The molecule has 0 aliphatic carbocycles. The molecule has 4 aromatic rings. The van der Waals surface area contributed by atoms with Crippen molar-refractivity contribution in [2.24, 2.45) is 0 Å². The summed E-state index contributed by atoms with van der Waals surface area (Å²) in [5.74, 6) is 0. The summed E-state index contributed by atoms with van der Waals surface area (Å²) >= 11 is 15.4. The maximum absolute atomic E-state index is 6.26. The second-order valence-corrected chi connectivity index (χ2v) is 9.88. The molecule has 0 fully saturated rings. The summed E-state index contributed by atoms with van der Waals surface area (Å²) in [7, 11) is 0. The van der Waals surface area contributed by atoms with Gasteiger partial charge in [0.25, 0.3) is 0 Å². The van der Waals surface area contributed by atoms with Crippen molar-refractivity contribution in [3.05, 3.63) is 94.7 Å². The number of benzene rings is 2. The van der Waals surface area contributed by atoms with E-state index in [4.69, 9.17) is 23.2 Å². The number of nitrogens with zero attached hydrogens (tertiary/aromatic N) is 1. The van der Waals surface area contributed by atoms with Gasteiger partial charge in [-0.1, -0.05) is 41.9 Å². The average molecular weight is 482 g/mol. The van der Waals surface area contributed by atoms with Crippen molar-refractivity contribution in [2.45, 2.75) is 11.4 Å². The van der Waals surface area contributed by atoms with Gasteiger partial charge in [-0.15, -0.1) is 11.3 Å². The number of thiophene rings is 1. The van der Waals surface area contributed by atoms with Crippen molar-refractivity contribution in [3.63, 3.8) is 0 Å². The SMILES string of the molecule is C=C1NCc2cc(-c3ccc(-c4cncc(NSc5ccc(Cl)cc5Cl)c4)s3)ccc21. The van der Waals surface area contributed by atoms with E-state index in [2.05, 4.69) is 58.0 Å². The molecular weight excluding hydrogens is 465 g/mol. The minimum atomic E-state index is 0.616. The van der Waals surface area contributed by atoms with Crippen LogP contribution in [0.3, 0.4) is 0 Å². The number of nitrogens with one attached hydrogen (secondary N) is 2. The Bertz CT molecular complexity index is 1300. The molecule has 0 atom stereocenters. The maximum Gasteiger partial charge on any atom is 0.0635 e. The van der Waals surface area contributed by atoms with Crippen LogP contribution < -0.4 is 10.0 Å². The van der Waals surface area contributed by atoms with Gasteiger partial charge in [-0.05, 0) is 65.5 Å². The molecule has 154 valence electrons. The van der Waals surface area contributed by atoms with Crippen LogP contribution in [-0.4, -0.2) is 4.98 Å². The van der Waals surface area contributed by atoms with Gasteiger partial charge in [0.2, 0.25) is 0 Å². The highest BCUT2D eigenvalue weighted by Crippen LogP contribution is 2.37. The van der Waals surface area contributed by atoms with Gasteiger partial charge in [0.15, 0.2) is 0 Å². The number of anilines is 1. The zero-order valence-electron chi connectivity index (χ0n) is 16.3. The fraction of sp³-hybridized carbons (Fsp3) is 0.0417. The lowest BCUT2D eigenvalue weighted by molar-refractivity contribution is 0.946. The molecule has 7 heteroatoms. The van der Waals surface area contributed by atoms with E-state index in [1.165, 1.54) is 38.4 Å². The predicted molar refractivity (Wildman–Crippen MR) is 135 cm³/mol. The summed E-state index contributed by atoms with van der Waals surface area (Å²) in [6, 6.07) is 18.4. The molecular formula is C24H17Cl2N3S2. The molecule has 0 saturated carbocycles. The molecule has 5 rings (SSSR count). The zero-order valence-corrected chi connectivity index (χ0v) is 19.4. The molecule has 2 aromatic carbocycles. The summed E-state index contributed by atoms with van der Waals surface area (Å²) in [4.78, 5) is 7.71. The van der Waals surface area contributed by atoms with E-state index in [0.29, 0.717) is 10.0 Å². The van der Waals surface area contributed by atoms with Crippen LogP contribution in [0.25, 0.3) is 26.6 Å². The van der Waals surface area contributed by atoms with E-state index in [1.807, 2.05) is 18.3 Å². The number of aromatic nitrogens is 1. The van der Waals surface area contributed by atoms with Crippen molar-refractivity contribution in [1.82, 2.24) is 10.3 Å². The van der Waals surface area contributed by atoms with Crippen molar-refractivity contribution in [3.8, 4) is 20.9 Å². The van der Waals surface area contributed by atoms with Gasteiger partial charge in [0.05, 0.1) is 16.9 Å². The predicted octanol–water partition coefficient (Wildman–Crippen LogP) is 7.98. The Hall–Kier alpha value is -2.44. The Morgan fingerprint density at radius 1 is 0.968 bits per heavy atom. The van der Waals surface area contributed by atoms with Crippen LogP contribution in [0.15, 0.2) is 78.5 Å². The second-order valence-electron chi connectivity index (χ2n) is 7.11. The van der Waals surface area contributed by atoms with Gasteiger partial charge in [-0.25, -0.2) is 0 Å². The number of hydrogen-bond donors (Lipinski definition) is 2. The van der Waals surface area contributed by atoms with Gasteiger partial charge in [0.1, 0.15) is 0 Å². The highest BCUT2D eigenvalue weighted by atomic mass is 35.5. The summed E-state index contributed by atoms with van der Waals surface area (Å²) < 4.78 is 3.32. The second kappa shape index (κ2) is 8.60. The third kappa shape index (κ3) is 4.32. The van der Waals surface area contributed by atoms with Gasteiger partial charge >= 0.3 is 0 Å². The summed E-state index contributed by atoms with van der Waals surface area (Å²) in [6.07, 6.45) is 3.69. The number of hydrogen-bond acceptors (Lipinski definition) is 5. The maximum atomic E-state index is 6.26. The van der Waals surface area contributed by atoms with Gasteiger partial charge < -0.3 is 10.0 Å². The highest BCUT2D eigenvalue weighted by Gasteiger charge is 2.15. The smallest absolute Gasteiger partial charge is 0.0635 e. The lowest BCUT2D eigenvalue weighted by atomic mass is 10.0. The quantitative estimate of drug-likeness (QED) is 0.283. The molecule has 0 bridgehead atoms. The number of rotatable bonds is 5. The van der Waals surface area contributed by atoms with E-state index in [0.717, 1.165) is 28.4 Å². The normalized spacial score (nSPS) is 12.5. The molecule has 2 N–H and O–H groups in total. The highest BCUT2D eigenvalue weighted by molar-refractivity contribution is 8.00. The molecule has 0 amide bonds. The molecule has 3 nitrogen and oxygen atoms in total. The molecule has 0 saturated heterocycles. The topological polar surface area (TPSA) is 37.0 Å². The Morgan fingerprint density at radius 3 is 2.65 bits per heavy atom. The van der Waals surface area contributed by atoms with E-state index in [-0.39, 0.29) is 0 Å². The summed E-state index contributed by atoms with van der Waals surface area (Å²) in [5, 5.41) is 4.54. The Labute approximate surface area is 199 Å². The lowest BCUT2D eigenvalue weighted by Gasteiger charge is -2.08. The third-order valence-electron chi connectivity index (χ3n) is 5.01. The standard InChI is InChI=1S/C24H17Cl2N3S2/c1-14-20-4-2-15(8-16(20)12-28-14)22-6-7-23(30-22)17-9-19(13-27-11-17)29-31-24-5-3-18(25)10-21(24)26/h2-11,13,28-29H,1,12H2. The average Bonchev–Trinajstić information content (AvgIpc) is 3.41. The van der Waals surface area contributed by atoms with E-state index >= 15 is 0 Å². The van der Waals surface area contributed by atoms with E-state index in [9.17, 15) is 0 Å². The van der Waals surface area contributed by atoms with Crippen molar-refractivity contribution >= 4 is 57.9 Å². The first-order chi connectivity index (χ1) is 15.1. The molecule has 1 aliphatic heterocycles. The molecule has 3 heterocycles. The first kappa shape index (κ1) is 20.5. The fourth-order valence-corrected chi connectivity index (χ4v) is 5.57. The number of halogens is 2. The Balaban J connectivity index is 1.35. The summed E-state index contributed by atoms with van der Waals surface area (Å²) in [5.41, 5.74) is 6.71. The van der Waals surface area contributed by atoms with E-state index in [1.54, 1.807) is 23.6 Å². The van der Waals surface area contributed by atoms with Crippen LogP contribution in [0.4, 0.5) is 5.69 Å².